The van der Waals surface area contributed by atoms with Gasteiger partial charge in [-0.3, -0.25) is 0 Å². The molecule has 1 aromatic carbocycles. The highest BCUT2D eigenvalue weighted by Crippen LogP contribution is 2.30. The SMILES string of the molecule is CCc1cc(OC)c(CNC2CCC2)cc1OC. The van der Waals surface area contributed by atoms with Gasteiger partial charge in [0.25, 0.3) is 0 Å². The van der Waals surface area contributed by atoms with E-state index >= 15 is 0 Å². The minimum atomic E-state index is 0.687. The van der Waals surface area contributed by atoms with Gasteiger partial charge in [0.05, 0.1) is 14.2 Å². The van der Waals surface area contributed by atoms with Crippen LogP contribution in [0.1, 0.15) is 37.3 Å². The van der Waals surface area contributed by atoms with Gasteiger partial charge in [0, 0.05) is 18.2 Å². The summed E-state index contributed by atoms with van der Waals surface area (Å²) in [5.41, 5.74) is 2.38. The molecule has 3 nitrogen and oxygen atoms in total. The van der Waals surface area contributed by atoms with E-state index in [4.69, 9.17) is 9.47 Å². The van der Waals surface area contributed by atoms with Crippen LogP contribution in [0.5, 0.6) is 11.5 Å². The second-order valence-electron chi connectivity index (χ2n) is 4.84. The number of hydrogen-bond acceptors (Lipinski definition) is 3. The lowest BCUT2D eigenvalue weighted by Crippen LogP contribution is -2.34. The molecule has 0 radical (unpaired) electrons. The highest BCUT2D eigenvalue weighted by molar-refractivity contribution is 5.46. The van der Waals surface area contributed by atoms with Gasteiger partial charge in [-0.1, -0.05) is 13.3 Å². The maximum absolute atomic E-state index is 5.48. The van der Waals surface area contributed by atoms with Gasteiger partial charge in [0.15, 0.2) is 0 Å². The quantitative estimate of drug-likeness (QED) is 0.841. The molecule has 1 N–H and O–H groups in total. The Hall–Kier alpha value is -1.22. The van der Waals surface area contributed by atoms with Crippen LogP contribution in [0.2, 0.25) is 0 Å². The third kappa shape index (κ3) is 2.78. The van der Waals surface area contributed by atoms with Crippen LogP contribution in [0.25, 0.3) is 0 Å². The topological polar surface area (TPSA) is 30.5 Å². The zero-order valence-corrected chi connectivity index (χ0v) is 11.6. The van der Waals surface area contributed by atoms with Crippen LogP contribution in [0.4, 0.5) is 0 Å². The van der Waals surface area contributed by atoms with E-state index in [1.165, 1.54) is 30.4 Å². The molecule has 1 fully saturated rings. The van der Waals surface area contributed by atoms with Crippen LogP contribution in [0.15, 0.2) is 12.1 Å². The summed E-state index contributed by atoms with van der Waals surface area (Å²) >= 11 is 0. The number of ether oxygens (including phenoxy) is 2. The standard InChI is InChI=1S/C15H23NO2/c1-4-11-8-15(18-3)12(9-14(11)17-2)10-16-13-6-5-7-13/h8-9,13,16H,4-7,10H2,1-3H3. The van der Waals surface area contributed by atoms with Gasteiger partial charge in [-0.25, -0.2) is 0 Å². The van der Waals surface area contributed by atoms with Gasteiger partial charge < -0.3 is 14.8 Å². The maximum Gasteiger partial charge on any atom is 0.123 e. The third-order valence-electron chi connectivity index (χ3n) is 3.75. The second-order valence-corrected chi connectivity index (χ2v) is 4.84. The van der Waals surface area contributed by atoms with E-state index in [0.29, 0.717) is 6.04 Å². The minimum Gasteiger partial charge on any atom is -0.496 e. The van der Waals surface area contributed by atoms with E-state index in [2.05, 4.69) is 24.4 Å². The number of rotatable bonds is 6. The number of benzene rings is 1. The lowest BCUT2D eigenvalue weighted by molar-refractivity contribution is 0.333. The molecule has 1 aliphatic carbocycles. The summed E-state index contributed by atoms with van der Waals surface area (Å²) in [6, 6.07) is 4.88. The molecule has 0 spiro atoms. The predicted molar refractivity (Wildman–Crippen MR) is 73.4 cm³/mol. The van der Waals surface area contributed by atoms with Gasteiger partial charge in [-0.15, -0.1) is 0 Å². The first-order valence-corrected chi connectivity index (χ1v) is 6.75. The van der Waals surface area contributed by atoms with Crippen molar-refractivity contribution in [3.63, 3.8) is 0 Å². The maximum atomic E-state index is 5.48. The van der Waals surface area contributed by atoms with Crippen molar-refractivity contribution in [1.29, 1.82) is 0 Å². The first kappa shape index (κ1) is 13.2. The second kappa shape index (κ2) is 6.10. The van der Waals surface area contributed by atoms with Crippen molar-refractivity contribution >= 4 is 0 Å². The summed E-state index contributed by atoms with van der Waals surface area (Å²) in [6.07, 6.45) is 4.90. The fraction of sp³-hybridized carbons (Fsp3) is 0.600. The molecule has 100 valence electrons. The van der Waals surface area contributed by atoms with Crippen LogP contribution >= 0.6 is 0 Å². The van der Waals surface area contributed by atoms with Crippen LogP contribution in [-0.2, 0) is 13.0 Å². The summed E-state index contributed by atoms with van der Waals surface area (Å²) in [5, 5.41) is 3.56. The van der Waals surface area contributed by atoms with Crippen LogP contribution < -0.4 is 14.8 Å². The zero-order chi connectivity index (χ0) is 13.0. The Kier molecular flexibility index (Phi) is 4.48. The molecule has 0 bridgehead atoms. The molecule has 18 heavy (non-hydrogen) atoms. The summed E-state index contributed by atoms with van der Waals surface area (Å²) in [4.78, 5) is 0. The van der Waals surface area contributed by atoms with Crippen molar-refractivity contribution in [3.8, 4) is 11.5 Å². The molecule has 0 unspecified atom stereocenters. The molecule has 3 heteroatoms. The van der Waals surface area contributed by atoms with E-state index in [9.17, 15) is 0 Å². The summed E-state index contributed by atoms with van der Waals surface area (Å²) in [6.45, 7) is 2.98. The molecule has 1 aliphatic rings. The molecule has 1 aromatic rings. The van der Waals surface area contributed by atoms with Gasteiger partial charge in [0.2, 0.25) is 0 Å². The van der Waals surface area contributed by atoms with Gasteiger partial charge in [0.1, 0.15) is 11.5 Å². The monoisotopic (exact) mass is 249 g/mol. The Morgan fingerprint density at radius 1 is 1.11 bits per heavy atom. The molecular weight excluding hydrogens is 226 g/mol. The summed E-state index contributed by atoms with van der Waals surface area (Å²) < 4.78 is 10.9. The van der Waals surface area contributed by atoms with Crippen molar-refractivity contribution < 1.29 is 9.47 Å². The van der Waals surface area contributed by atoms with Crippen molar-refractivity contribution in [2.75, 3.05) is 14.2 Å². The number of aryl methyl sites for hydroxylation is 1. The fourth-order valence-corrected chi connectivity index (χ4v) is 2.31. The Morgan fingerprint density at radius 2 is 1.72 bits per heavy atom. The van der Waals surface area contributed by atoms with E-state index in [1.807, 2.05) is 0 Å². The largest absolute Gasteiger partial charge is 0.496 e. The summed E-state index contributed by atoms with van der Waals surface area (Å²) in [7, 11) is 3.46. The Morgan fingerprint density at radius 3 is 2.22 bits per heavy atom. The van der Waals surface area contributed by atoms with E-state index in [-0.39, 0.29) is 0 Å². The van der Waals surface area contributed by atoms with Crippen molar-refractivity contribution in [2.45, 2.75) is 45.2 Å². The highest BCUT2D eigenvalue weighted by atomic mass is 16.5. The molecule has 0 aliphatic heterocycles. The Bertz CT molecular complexity index is 400. The van der Waals surface area contributed by atoms with Gasteiger partial charge >= 0.3 is 0 Å². The smallest absolute Gasteiger partial charge is 0.123 e. The zero-order valence-electron chi connectivity index (χ0n) is 11.6. The average molecular weight is 249 g/mol. The van der Waals surface area contributed by atoms with Crippen LogP contribution in [0.3, 0.4) is 0 Å². The lowest BCUT2D eigenvalue weighted by Gasteiger charge is -2.27. The number of nitrogens with one attached hydrogen (secondary N) is 1. The van der Waals surface area contributed by atoms with E-state index < -0.39 is 0 Å². The number of hydrogen-bond donors (Lipinski definition) is 1. The molecule has 0 atom stereocenters. The minimum absolute atomic E-state index is 0.687. The van der Waals surface area contributed by atoms with E-state index in [1.54, 1.807) is 14.2 Å². The lowest BCUT2D eigenvalue weighted by atomic mass is 9.93. The van der Waals surface area contributed by atoms with Crippen LogP contribution in [-0.4, -0.2) is 20.3 Å². The van der Waals surface area contributed by atoms with Crippen molar-refractivity contribution in [3.05, 3.63) is 23.3 Å². The third-order valence-corrected chi connectivity index (χ3v) is 3.75. The molecule has 1 saturated carbocycles. The van der Waals surface area contributed by atoms with Crippen LogP contribution in [0, 0.1) is 0 Å². The van der Waals surface area contributed by atoms with Gasteiger partial charge in [-0.05, 0) is 37.0 Å². The Balaban J connectivity index is 2.15. The molecular formula is C15H23NO2. The Labute approximate surface area is 109 Å². The highest BCUT2D eigenvalue weighted by Gasteiger charge is 2.17. The van der Waals surface area contributed by atoms with Crippen molar-refractivity contribution in [2.24, 2.45) is 0 Å². The number of methoxy groups -OCH3 is 2. The first-order valence-electron chi connectivity index (χ1n) is 6.75. The normalized spacial score (nSPS) is 15.3. The average Bonchev–Trinajstić information content (AvgIpc) is 2.36. The van der Waals surface area contributed by atoms with Gasteiger partial charge in [-0.2, -0.15) is 0 Å². The molecule has 0 heterocycles. The summed E-state index contributed by atoms with van der Waals surface area (Å²) in [5.74, 6) is 1.92. The molecule has 0 saturated heterocycles. The van der Waals surface area contributed by atoms with E-state index in [0.717, 1.165) is 24.5 Å². The van der Waals surface area contributed by atoms with Crippen molar-refractivity contribution in [1.82, 2.24) is 5.32 Å². The molecule has 0 amide bonds. The molecule has 2 rings (SSSR count). The predicted octanol–water partition coefficient (Wildman–Crippen LogP) is 2.91. The fourth-order valence-electron chi connectivity index (χ4n) is 2.31. The molecule has 0 aromatic heterocycles. The first-order chi connectivity index (χ1) is 8.78.